The number of hydrogen-bond donors (Lipinski definition) is 1. The zero-order chi connectivity index (χ0) is 19.0. The number of carbonyl (C=O) groups excluding carboxylic acids is 1. The van der Waals surface area contributed by atoms with Crippen molar-refractivity contribution in [3.8, 4) is 0 Å². The van der Waals surface area contributed by atoms with E-state index in [0.29, 0.717) is 17.4 Å². The molecule has 1 aliphatic carbocycles. The van der Waals surface area contributed by atoms with Crippen molar-refractivity contribution in [2.45, 2.75) is 39.2 Å². The molecular weight excluding hydrogens is 356 g/mol. The molecule has 4 heteroatoms. The Bertz CT molecular complexity index is 993. The monoisotopic (exact) mass is 378 g/mol. The zero-order valence-corrected chi connectivity index (χ0v) is 16.4. The molecule has 1 aliphatic rings. The van der Waals surface area contributed by atoms with Crippen LogP contribution < -0.4 is 5.32 Å². The molecule has 0 unspecified atom stereocenters. The first-order valence-electron chi connectivity index (χ1n) is 9.42. The van der Waals surface area contributed by atoms with Gasteiger partial charge in [0.05, 0.1) is 18.0 Å². The summed E-state index contributed by atoms with van der Waals surface area (Å²) in [6.07, 6.45) is 2.67. The first-order valence-corrected chi connectivity index (χ1v) is 9.80. The highest BCUT2D eigenvalue weighted by Crippen LogP contribution is 2.41. The minimum atomic E-state index is 0.0464. The van der Waals surface area contributed by atoms with E-state index in [9.17, 15) is 4.79 Å². The topological polar surface area (TPSA) is 42.0 Å². The number of halogens is 1. The summed E-state index contributed by atoms with van der Waals surface area (Å²) >= 11 is 6.01. The Morgan fingerprint density at radius 3 is 2.56 bits per heavy atom. The third kappa shape index (κ3) is 3.84. The van der Waals surface area contributed by atoms with Gasteiger partial charge in [0.1, 0.15) is 0 Å². The third-order valence-corrected chi connectivity index (χ3v) is 5.71. The van der Waals surface area contributed by atoms with Crippen LogP contribution in [0.2, 0.25) is 5.02 Å². The Morgan fingerprint density at radius 2 is 1.85 bits per heavy atom. The van der Waals surface area contributed by atoms with E-state index in [0.717, 1.165) is 46.1 Å². The molecule has 1 aromatic heterocycles. The third-order valence-electron chi connectivity index (χ3n) is 5.46. The highest BCUT2D eigenvalue weighted by Gasteiger charge is 2.33. The van der Waals surface area contributed by atoms with E-state index in [1.807, 2.05) is 49.4 Å². The van der Waals surface area contributed by atoms with Crippen LogP contribution in [-0.4, -0.2) is 10.9 Å². The minimum Gasteiger partial charge on any atom is -0.349 e. The van der Waals surface area contributed by atoms with Crippen LogP contribution in [0, 0.1) is 19.8 Å². The van der Waals surface area contributed by atoms with Crippen molar-refractivity contribution in [3.05, 3.63) is 75.9 Å². The lowest BCUT2D eigenvalue weighted by Gasteiger charge is -2.20. The van der Waals surface area contributed by atoms with Crippen molar-refractivity contribution in [2.24, 2.45) is 5.92 Å². The van der Waals surface area contributed by atoms with E-state index < -0.39 is 0 Å². The smallest absolute Gasteiger partial charge is 0.224 e. The first-order chi connectivity index (χ1) is 13.0. The van der Waals surface area contributed by atoms with E-state index in [1.165, 1.54) is 0 Å². The Hall–Kier alpha value is -2.39. The van der Waals surface area contributed by atoms with E-state index >= 15 is 0 Å². The van der Waals surface area contributed by atoms with Gasteiger partial charge in [-0.25, -0.2) is 0 Å². The standard InChI is InChI=1S/C23H23ClN2O/c1-14-19-5-3-4-6-21(19)25-15(2)20(14)13-22(27)26-23(16-7-8-16)17-9-11-18(24)12-10-17/h3-6,9-12,16,23H,7-8,13H2,1-2H3,(H,26,27)/t23-/m0/s1. The summed E-state index contributed by atoms with van der Waals surface area (Å²) in [5, 5.41) is 5.09. The fraction of sp³-hybridized carbons (Fsp3) is 0.304. The SMILES string of the molecule is Cc1nc2ccccc2c(C)c1CC(=O)N[C@H](c1ccc(Cl)cc1)C1CC1. The fourth-order valence-corrected chi connectivity index (χ4v) is 3.91. The van der Waals surface area contributed by atoms with Gasteiger partial charge in [-0.1, -0.05) is 41.9 Å². The molecular formula is C23H23ClN2O. The van der Waals surface area contributed by atoms with Gasteiger partial charge in [0.2, 0.25) is 5.91 Å². The molecule has 0 spiro atoms. The highest BCUT2D eigenvalue weighted by molar-refractivity contribution is 6.30. The lowest BCUT2D eigenvalue weighted by Crippen LogP contribution is -2.31. The van der Waals surface area contributed by atoms with Crippen LogP contribution in [0.25, 0.3) is 10.9 Å². The molecule has 3 aromatic rings. The van der Waals surface area contributed by atoms with Gasteiger partial charge in [0.15, 0.2) is 0 Å². The Balaban J connectivity index is 1.56. The van der Waals surface area contributed by atoms with Crippen molar-refractivity contribution < 1.29 is 4.79 Å². The second-order valence-electron chi connectivity index (χ2n) is 7.43. The quantitative estimate of drug-likeness (QED) is 0.653. The Kier molecular flexibility index (Phi) is 4.88. The second kappa shape index (κ2) is 7.32. The van der Waals surface area contributed by atoms with E-state index in [4.69, 9.17) is 11.6 Å². The number of hydrogen-bond acceptors (Lipinski definition) is 2. The summed E-state index contributed by atoms with van der Waals surface area (Å²) in [7, 11) is 0. The normalized spacial score (nSPS) is 14.9. The molecule has 1 atom stereocenters. The van der Waals surface area contributed by atoms with Crippen molar-refractivity contribution in [1.29, 1.82) is 0 Å². The van der Waals surface area contributed by atoms with Crippen molar-refractivity contribution in [2.75, 3.05) is 0 Å². The van der Waals surface area contributed by atoms with Crippen LogP contribution in [-0.2, 0) is 11.2 Å². The number of para-hydroxylation sites is 1. The molecule has 1 N–H and O–H groups in total. The predicted octanol–water partition coefficient (Wildman–Crippen LogP) is 5.32. The number of benzene rings is 2. The molecule has 1 amide bonds. The molecule has 0 aliphatic heterocycles. The van der Waals surface area contributed by atoms with Crippen LogP contribution >= 0.6 is 11.6 Å². The van der Waals surface area contributed by atoms with Crippen molar-refractivity contribution in [3.63, 3.8) is 0 Å². The zero-order valence-electron chi connectivity index (χ0n) is 15.6. The second-order valence-corrected chi connectivity index (χ2v) is 7.87. The van der Waals surface area contributed by atoms with Gasteiger partial charge in [-0.2, -0.15) is 0 Å². The summed E-state index contributed by atoms with van der Waals surface area (Å²) in [6.45, 7) is 4.07. The van der Waals surface area contributed by atoms with Gasteiger partial charge in [-0.15, -0.1) is 0 Å². The van der Waals surface area contributed by atoms with Crippen LogP contribution in [0.4, 0.5) is 0 Å². The maximum absolute atomic E-state index is 12.9. The van der Waals surface area contributed by atoms with Crippen LogP contribution in [0.15, 0.2) is 48.5 Å². The number of amides is 1. The number of pyridine rings is 1. The van der Waals surface area contributed by atoms with E-state index in [-0.39, 0.29) is 11.9 Å². The Labute approximate surface area is 164 Å². The highest BCUT2D eigenvalue weighted by atomic mass is 35.5. The van der Waals surface area contributed by atoms with Gasteiger partial charge < -0.3 is 5.32 Å². The molecule has 0 bridgehead atoms. The van der Waals surface area contributed by atoms with E-state index in [1.54, 1.807) is 0 Å². The van der Waals surface area contributed by atoms with Gasteiger partial charge >= 0.3 is 0 Å². The molecule has 1 heterocycles. The lowest BCUT2D eigenvalue weighted by molar-refractivity contribution is -0.121. The largest absolute Gasteiger partial charge is 0.349 e. The fourth-order valence-electron chi connectivity index (χ4n) is 3.79. The summed E-state index contributed by atoms with van der Waals surface area (Å²) in [4.78, 5) is 17.6. The lowest BCUT2D eigenvalue weighted by atomic mass is 9.98. The van der Waals surface area contributed by atoms with Gasteiger partial charge in [-0.3, -0.25) is 9.78 Å². The van der Waals surface area contributed by atoms with Crippen LogP contribution in [0.5, 0.6) is 0 Å². The molecule has 2 aromatic carbocycles. The molecule has 0 saturated heterocycles. The summed E-state index contributed by atoms with van der Waals surface area (Å²) in [5.74, 6) is 0.567. The number of fused-ring (bicyclic) bond motifs is 1. The van der Waals surface area contributed by atoms with Crippen molar-refractivity contribution >= 4 is 28.4 Å². The average Bonchev–Trinajstić information content (AvgIpc) is 3.49. The van der Waals surface area contributed by atoms with Gasteiger partial charge in [0, 0.05) is 16.1 Å². The molecule has 3 nitrogen and oxygen atoms in total. The molecule has 4 rings (SSSR count). The summed E-state index contributed by atoms with van der Waals surface area (Å²) < 4.78 is 0. The summed E-state index contributed by atoms with van der Waals surface area (Å²) in [6, 6.07) is 16.0. The van der Waals surface area contributed by atoms with Gasteiger partial charge in [-0.05, 0) is 67.5 Å². The van der Waals surface area contributed by atoms with E-state index in [2.05, 4.69) is 23.3 Å². The number of nitrogens with zero attached hydrogens (tertiary/aromatic N) is 1. The number of aryl methyl sites for hydroxylation is 2. The Morgan fingerprint density at radius 1 is 1.15 bits per heavy atom. The molecule has 1 saturated carbocycles. The molecule has 27 heavy (non-hydrogen) atoms. The number of carbonyl (C=O) groups is 1. The molecule has 1 fully saturated rings. The predicted molar refractivity (Wildman–Crippen MR) is 110 cm³/mol. The van der Waals surface area contributed by atoms with Gasteiger partial charge in [0.25, 0.3) is 0 Å². The molecule has 138 valence electrons. The number of nitrogens with one attached hydrogen (secondary N) is 1. The van der Waals surface area contributed by atoms with Crippen LogP contribution in [0.1, 0.15) is 41.3 Å². The summed E-state index contributed by atoms with van der Waals surface area (Å²) in [5.41, 5.74) is 5.20. The van der Waals surface area contributed by atoms with Crippen LogP contribution in [0.3, 0.4) is 0 Å². The number of rotatable bonds is 5. The minimum absolute atomic E-state index is 0.0464. The first kappa shape index (κ1) is 18.0. The molecule has 0 radical (unpaired) electrons. The maximum atomic E-state index is 12.9. The average molecular weight is 379 g/mol. The maximum Gasteiger partial charge on any atom is 0.224 e. The van der Waals surface area contributed by atoms with Crippen molar-refractivity contribution in [1.82, 2.24) is 10.3 Å². The number of aromatic nitrogens is 1.